The number of thiol groups is 1. The molecular weight excluding hydrogens is 240 g/mol. The molecular formula is C16H24OS. The molecule has 0 aliphatic rings. The Morgan fingerprint density at radius 2 is 1.78 bits per heavy atom. The second-order valence-corrected chi connectivity index (χ2v) is 4.78. The summed E-state index contributed by atoms with van der Waals surface area (Å²) in [6, 6.07) is 8.22. The molecule has 0 amide bonds. The summed E-state index contributed by atoms with van der Waals surface area (Å²) >= 11 is 4.14. The van der Waals surface area contributed by atoms with E-state index in [-0.39, 0.29) is 0 Å². The Bertz CT molecular complexity index is 329. The molecule has 0 radical (unpaired) electrons. The van der Waals surface area contributed by atoms with E-state index >= 15 is 0 Å². The van der Waals surface area contributed by atoms with Crippen molar-refractivity contribution >= 4 is 18.7 Å². The van der Waals surface area contributed by atoms with Crippen molar-refractivity contribution in [1.29, 1.82) is 0 Å². The van der Waals surface area contributed by atoms with Crippen molar-refractivity contribution in [2.75, 3.05) is 12.4 Å². The zero-order chi connectivity index (χ0) is 13.1. The van der Waals surface area contributed by atoms with Gasteiger partial charge in [-0.25, -0.2) is 0 Å². The average Bonchev–Trinajstić information content (AvgIpc) is 2.42. The average molecular weight is 264 g/mol. The SMILES string of the molecule is CCCCCCCOc1ccc(C=CCS)cc1. The van der Waals surface area contributed by atoms with Crippen LogP contribution >= 0.6 is 12.6 Å². The van der Waals surface area contributed by atoms with Crippen LogP contribution in [0.2, 0.25) is 0 Å². The maximum atomic E-state index is 5.71. The minimum Gasteiger partial charge on any atom is -0.494 e. The Hall–Kier alpha value is -0.890. The van der Waals surface area contributed by atoms with Gasteiger partial charge in [0.05, 0.1) is 6.61 Å². The van der Waals surface area contributed by atoms with Gasteiger partial charge in [-0.1, -0.05) is 56.9 Å². The first-order chi connectivity index (χ1) is 8.86. The van der Waals surface area contributed by atoms with Crippen LogP contribution < -0.4 is 4.74 Å². The van der Waals surface area contributed by atoms with Crippen molar-refractivity contribution in [2.45, 2.75) is 39.0 Å². The lowest BCUT2D eigenvalue weighted by Gasteiger charge is -2.06. The maximum absolute atomic E-state index is 5.71. The highest BCUT2D eigenvalue weighted by molar-refractivity contribution is 7.80. The molecule has 1 rings (SSSR count). The van der Waals surface area contributed by atoms with E-state index in [1.807, 2.05) is 18.2 Å². The number of hydrogen-bond donors (Lipinski definition) is 1. The van der Waals surface area contributed by atoms with Crippen LogP contribution in [0.3, 0.4) is 0 Å². The van der Waals surface area contributed by atoms with E-state index in [2.05, 4.69) is 37.8 Å². The second-order valence-electron chi connectivity index (χ2n) is 4.42. The van der Waals surface area contributed by atoms with Crippen molar-refractivity contribution in [3.63, 3.8) is 0 Å². The van der Waals surface area contributed by atoms with Gasteiger partial charge in [0.2, 0.25) is 0 Å². The lowest BCUT2D eigenvalue weighted by Crippen LogP contribution is -1.97. The van der Waals surface area contributed by atoms with Crippen LogP contribution in [-0.4, -0.2) is 12.4 Å². The molecule has 1 nitrogen and oxygen atoms in total. The van der Waals surface area contributed by atoms with E-state index < -0.39 is 0 Å². The van der Waals surface area contributed by atoms with E-state index in [1.165, 1.54) is 31.2 Å². The largest absolute Gasteiger partial charge is 0.494 e. The topological polar surface area (TPSA) is 9.23 Å². The van der Waals surface area contributed by atoms with Crippen LogP contribution in [0.1, 0.15) is 44.6 Å². The van der Waals surface area contributed by atoms with E-state index in [4.69, 9.17) is 4.74 Å². The van der Waals surface area contributed by atoms with Gasteiger partial charge < -0.3 is 4.74 Å². The van der Waals surface area contributed by atoms with Gasteiger partial charge in [0, 0.05) is 5.75 Å². The normalized spacial score (nSPS) is 11.0. The molecule has 18 heavy (non-hydrogen) atoms. The molecule has 0 fully saturated rings. The molecule has 0 spiro atoms. The van der Waals surface area contributed by atoms with Gasteiger partial charge in [-0.15, -0.1) is 0 Å². The molecule has 0 unspecified atom stereocenters. The van der Waals surface area contributed by atoms with Gasteiger partial charge in [-0.2, -0.15) is 12.6 Å². The monoisotopic (exact) mass is 264 g/mol. The Morgan fingerprint density at radius 3 is 2.44 bits per heavy atom. The van der Waals surface area contributed by atoms with Gasteiger partial charge in [0.1, 0.15) is 5.75 Å². The highest BCUT2D eigenvalue weighted by Crippen LogP contribution is 2.14. The smallest absolute Gasteiger partial charge is 0.119 e. The number of ether oxygens (including phenoxy) is 1. The summed E-state index contributed by atoms with van der Waals surface area (Å²) in [5, 5.41) is 0. The van der Waals surface area contributed by atoms with E-state index in [0.717, 1.165) is 24.5 Å². The minimum absolute atomic E-state index is 0.774. The van der Waals surface area contributed by atoms with Crippen LogP contribution in [-0.2, 0) is 0 Å². The molecule has 2 heteroatoms. The first-order valence-corrected chi connectivity index (χ1v) is 7.50. The zero-order valence-electron chi connectivity index (χ0n) is 11.3. The van der Waals surface area contributed by atoms with Gasteiger partial charge in [-0.05, 0) is 24.1 Å². The molecule has 0 heterocycles. The number of unbranched alkanes of at least 4 members (excludes halogenated alkanes) is 4. The van der Waals surface area contributed by atoms with Gasteiger partial charge >= 0.3 is 0 Å². The Morgan fingerprint density at radius 1 is 1.06 bits per heavy atom. The van der Waals surface area contributed by atoms with Crippen LogP contribution in [0.4, 0.5) is 0 Å². The third kappa shape index (κ3) is 6.75. The van der Waals surface area contributed by atoms with Crippen LogP contribution in [0.15, 0.2) is 30.3 Å². The standard InChI is InChI=1S/C16H24OS/c1-2-3-4-5-6-13-17-16-11-9-15(10-12-16)8-7-14-18/h7-12,18H,2-6,13-14H2,1H3. The van der Waals surface area contributed by atoms with Gasteiger partial charge in [0.25, 0.3) is 0 Å². The Labute approximate surface area is 117 Å². The fourth-order valence-corrected chi connectivity index (χ4v) is 1.86. The Kier molecular flexibility index (Phi) is 8.49. The molecule has 0 aromatic heterocycles. The fraction of sp³-hybridized carbons (Fsp3) is 0.500. The van der Waals surface area contributed by atoms with Crippen molar-refractivity contribution in [1.82, 2.24) is 0 Å². The summed E-state index contributed by atoms with van der Waals surface area (Å²) in [4.78, 5) is 0. The summed E-state index contributed by atoms with van der Waals surface area (Å²) in [7, 11) is 0. The highest BCUT2D eigenvalue weighted by atomic mass is 32.1. The molecule has 0 saturated heterocycles. The summed E-state index contributed by atoms with van der Waals surface area (Å²) in [5.74, 6) is 1.74. The highest BCUT2D eigenvalue weighted by Gasteiger charge is 1.94. The molecule has 0 saturated carbocycles. The molecule has 1 aromatic rings. The Balaban J connectivity index is 2.20. The van der Waals surface area contributed by atoms with E-state index in [1.54, 1.807) is 0 Å². The third-order valence-electron chi connectivity index (χ3n) is 2.81. The van der Waals surface area contributed by atoms with Crippen molar-refractivity contribution in [3.05, 3.63) is 35.9 Å². The first-order valence-electron chi connectivity index (χ1n) is 6.87. The fourth-order valence-electron chi connectivity index (χ4n) is 1.76. The predicted octanol–water partition coefficient (Wildman–Crippen LogP) is 4.98. The van der Waals surface area contributed by atoms with Crippen molar-refractivity contribution < 1.29 is 4.74 Å². The molecule has 0 aliphatic carbocycles. The molecule has 1 aromatic carbocycles. The summed E-state index contributed by atoms with van der Waals surface area (Å²) in [6.45, 7) is 3.07. The zero-order valence-corrected chi connectivity index (χ0v) is 12.2. The van der Waals surface area contributed by atoms with Gasteiger partial charge in [-0.3, -0.25) is 0 Å². The molecule has 0 aliphatic heterocycles. The maximum Gasteiger partial charge on any atom is 0.119 e. The van der Waals surface area contributed by atoms with Crippen LogP contribution in [0.5, 0.6) is 5.75 Å². The summed E-state index contributed by atoms with van der Waals surface area (Å²) in [6.07, 6.45) is 10.5. The number of benzene rings is 1. The molecule has 0 bridgehead atoms. The summed E-state index contributed by atoms with van der Waals surface area (Å²) < 4.78 is 5.71. The lowest BCUT2D eigenvalue weighted by molar-refractivity contribution is 0.304. The van der Waals surface area contributed by atoms with E-state index in [9.17, 15) is 0 Å². The molecule has 100 valence electrons. The predicted molar refractivity (Wildman–Crippen MR) is 83.6 cm³/mol. The number of rotatable bonds is 9. The minimum atomic E-state index is 0.774. The van der Waals surface area contributed by atoms with Crippen LogP contribution in [0, 0.1) is 0 Å². The quantitative estimate of drug-likeness (QED) is 0.489. The first kappa shape index (κ1) is 15.2. The van der Waals surface area contributed by atoms with E-state index in [0.29, 0.717) is 0 Å². The lowest BCUT2D eigenvalue weighted by atomic mass is 10.2. The molecule has 0 atom stereocenters. The van der Waals surface area contributed by atoms with Gasteiger partial charge in [0.15, 0.2) is 0 Å². The third-order valence-corrected chi connectivity index (χ3v) is 3.02. The van der Waals surface area contributed by atoms with Crippen molar-refractivity contribution in [3.8, 4) is 5.75 Å². The van der Waals surface area contributed by atoms with Crippen molar-refractivity contribution in [2.24, 2.45) is 0 Å². The molecule has 0 N–H and O–H groups in total. The summed E-state index contributed by atoms with van der Waals surface area (Å²) in [5.41, 5.74) is 1.19. The number of hydrogen-bond acceptors (Lipinski definition) is 2. The second kappa shape index (κ2) is 10.1. The van der Waals surface area contributed by atoms with Crippen LogP contribution in [0.25, 0.3) is 6.08 Å².